The van der Waals surface area contributed by atoms with Crippen LogP contribution in [-0.4, -0.2) is 31.6 Å². The molecule has 0 aliphatic heterocycles. The van der Waals surface area contributed by atoms with Crippen molar-refractivity contribution in [2.45, 2.75) is 49.2 Å². The van der Waals surface area contributed by atoms with E-state index in [1.807, 2.05) is 0 Å². The van der Waals surface area contributed by atoms with E-state index in [0.717, 1.165) is 11.0 Å². The van der Waals surface area contributed by atoms with E-state index < -0.39 is 5.97 Å². The Morgan fingerprint density at radius 2 is 2.12 bits per heavy atom. The second kappa shape index (κ2) is 4.33. The molecule has 2 fully saturated rings. The molecule has 0 saturated heterocycles. The first-order valence-corrected chi connectivity index (χ1v) is 7.03. The number of aliphatic carboxylic acids is 1. The van der Waals surface area contributed by atoms with E-state index >= 15 is 0 Å². The van der Waals surface area contributed by atoms with Gasteiger partial charge in [-0.3, -0.25) is 4.79 Å². The van der Waals surface area contributed by atoms with E-state index in [1.54, 1.807) is 0 Å². The largest absolute Gasteiger partial charge is 0.481 e. The van der Waals surface area contributed by atoms with Crippen LogP contribution in [0.25, 0.3) is 0 Å². The zero-order chi connectivity index (χ0) is 11.8. The molecule has 1 aromatic heterocycles. The van der Waals surface area contributed by atoms with Gasteiger partial charge in [0.15, 0.2) is 5.16 Å². The van der Waals surface area contributed by atoms with Gasteiger partial charge >= 0.3 is 5.97 Å². The summed E-state index contributed by atoms with van der Waals surface area (Å²) in [4.78, 5) is 10.6. The molecule has 17 heavy (non-hydrogen) atoms. The number of carboxylic acid groups (broad SMARTS) is 1. The Kier molecular flexibility index (Phi) is 2.82. The highest BCUT2D eigenvalue weighted by Crippen LogP contribution is 2.44. The van der Waals surface area contributed by atoms with E-state index in [0.29, 0.717) is 12.0 Å². The monoisotopic (exact) mass is 253 g/mol. The average Bonchev–Trinajstić information content (AvgIpc) is 2.97. The molecule has 1 heterocycles. The molecule has 0 unspecified atom stereocenters. The van der Waals surface area contributed by atoms with Gasteiger partial charge < -0.3 is 9.67 Å². The third-order valence-electron chi connectivity index (χ3n) is 3.40. The summed E-state index contributed by atoms with van der Waals surface area (Å²) >= 11 is 1.29. The van der Waals surface area contributed by atoms with Crippen LogP contribution in [0.4, 0.5) is 0 Å². The molecule has 2 aliphatic rings. The summed E-state index contributed by atoms with van der Waals surface area (Å²) in [5, 5.41) is 17.9. The topological polar surface area (TPSA) is 68.0 Å². The average molecular weight is 253 g/mol. The van der Waals surface area contributed by atoms with E-state index in [-0.39, 0.29) is 5.75 Å². The molecule has 2 aliphatic carbocycles. The van der Waals surface area contributed by atoms with Crippen LogP contribution in [0, 0.1) is 0 Å². The zero-order valence-corrected chi connectivity index (χ0v) is 10.3. The molecular weight excluding hydrogens is 238 g/mol. The minimum Gasteiger partial charge on any atom is -0.481 e. The second-order valence-electron chi connectivity index (χ2n) is 4.75. The van der Waals surface area contributed by atoms with E-state index in [1.165, 1.54) is 43.9 Å². The fraction of sp³-hybridized carbons (Fsp3) is 0.727. The van der Waals surface area contributed by atoms with Crippen molar-refractivity contribution in [3.63, 3.8) is 0 Å². The summed E-state index contributed by atoms with van der Waals surface area (Å²) in [5.41, 5.74) is 0. The van der Waals surface area contributed by atoms with Crippen LogP contribution >= 0.6 is 11.8 Å². The molecular formula is C11H15N3O2S. The van der Waals surface area contributed by atoms with Crippen molar-refractivity contribution in [3.05, 3.63) is 5.82 Å². The van der Waals surface area contributed by atoms with Gasteiger partial charge in [-0.1, -0.05) is 11.8 Å². The van der Waals surface area contributed by atoms with Crippen LogP contribution in [0.15, 0.2) is 5.16 Å². The van der Waals surface area contributed by atoms with Crippen molar-refractivity contribution < 1.29 is 9.90 Å². The van der Waals surface area contributed by atoms with E-state index in [4.69, 9.17) is 5.11 Å². The first kappa shape index (κ1) is 11.1. The Balaban J connectivity index is 1.83. The molecule has 3 rings (SSSR count). The highest BCUT2D eigenvalue weighted by Gasteiger charge is 2.34. The van der Waals surface area contributed by atoms with Crippen LogP contribution in [0.1, 0.15) is 49.9 Å². The molecule has 92 valence electrons. The van der Waals surface area contributed by atoms with Gasteiger partial charge in [-0.05, 0) is 32.1 Å². The molecule has 0 amide bonds. The van der Waals surface area contributed by atoms with Crippen LogP contribution in [0.2, 0.25) is 0 Å². The number of hydrogen-bond donors (Lipinski definition) is 1. The van der Waals surface area contributed by atoms with Gasteiger partial charge in [0.05, 0.1) is 5.75 Å². The van der Waals surface area contributed by atoms with Crippen molar-refractivity contribution in [2.75, 3.05) is 5.75 Å². The zero-order valence-electron chi connectivity index (χ0n) is 9.50. The molecule has 0 aromatic carbocycles. The van der Waals surface area contributed by atoms with Gasteiger partial charge in [0.1, 0.15) is 5.82 Å². The van der Waals surface area contributed by atoms with Gasteiger partial charge in [0.2, 0.25) is 0 Å². The summed E-state index contributed by atoms with van der Waals surface area (Å²) in [6.45, 7) is 0. The maximum Gasteiger partial charge on any atom is 0.313 e. The summed E-state index contributed by atoms with van der Waals surface area (Å²) in [5.74, 6) is 0.922. The maximum absolute atomic E-state index is 10.6. The summed E-state index contributed by atoms with van der Waals surface area (Å²) in [6.07, 6.45) is 6.02. The summed E-state index contributed by atoms with van der Waals surface area (Å²) in [6, 6.07) is 0.511. The third-order valence-corrected chi connectivity index (χ3v) is 4.33. The minimum absolute atomic E-state index is 0.0650. The fourth-order valence-corrected chi connectivity index (χ4v) is 2.85. The Morgan fingerprint density at radius 1 is 1.35 bits per heavy atom. The highest BCUT2D eigenvalue weighted by molar-refractivity contribution is 7.99. The van der Waals surface area contributed by atoms with Crippen molar-refractivity contribution >= 4 is 17.7 Å². The SMILES string of the molecule is O=C(O)CSc1nnc(C2CC2)n1C1CCC1. The second-order valence-corrected chi connectivity index (χ2v) is 5.69. The highest BCUT2D eigenvalue weighted by atomic mass is 32.2. The molecule has 1 N–H and O–H groups in total. The molecule has 2 saturated carbocycles. The lowest BCUT2D eigenvalue weighted by atomic mass is 9.93. The van der Waals surface area contributed by atoms with E-state index in [9.17, 15) is 4.79 Å². The standard InChI is InChI=1S/C11H15N3O2S/c15-9(16)6-17-11-13-12-10(7-4-5-7)14(11)8-2-1-3-8/h7-8H,1-6H2,(H,15,16). The molecule has 0 spiro atoms. The van der Waals surface area contributed by atoms with Crippen LogP contribution in [0.5, 0.6) is 0 Å². The number of nitrogens with zero attached hydrogens (tertiary/aromatic N) is 3. The summed E-state index contributed by atoms with van der Waals surface area (Å²) < 4.78 is 2.20. The quantitative estimate of drug-likeness (QED) is 0.813. The predicted molar refractivity (Wildman–Crippen MR) is 63.2 cm³/mol. The number of aromatic nitrogens is 3. The van der Waals surface area contributed by atoms with E-state index in [2.05, 4.69) is 14.8 Å². The smallest absolute Gasteiger partial charge is 0.313 e. The molecule has 0 radical (unpaired) electrons. The number of rotatable bonds is 5. The Morgan fingerprint density at radius 3 is 2.65 bits per heavy atom. The maximum atomic E-state index is 10.6. The molecule has 0 atom stereocenters. The van der Waals surface area contributed by atoms with Crippen molar-refractivity contribution in [2.24, 2.45) is 0 Å². The number of thioether (sulfide) groups is 1. The Bertz CT molecular complexity index is 438. The fourth-order valence-electron chi connectivity index (χ4n) is 2.12. The van der Waals surface area contributed by atoms with Crippen molar-refractivity contribution in [1.82, 2.24) is 14.8 Å². The van der Waals surface area contributed by atoms with Gasteiger partial charge in [-0.2, -0.15) is 0 Å². The van der Waals surface area contributed by atoms with Crippen LogP contribution in [0.3, 0.4) is 0 Å². The lowest BCUT2D eigenvalue weighted by Crippen LogP contribution is -2.20. The lowest BCUT2D eigenvalue weighted by molar-refractivity contribution is -0.133. The van der Waals surface area contributed by atoms with Crippen molar-refractivity contribution in [3.8, 4) is 0 Å². The predicted octanol–water partition coefficient (Wildman–Crippen LogP) is 2.06. The lowest BCUT2D eigenvalue weighted by Gasteiger charge is -2.29. The molecule has 6 heteroatoms. The minimum atomic E-state index is -0.800. The summed E-state index contributed by atoms with van der Waals surface area (Å²) in [7, 11) is 0. The Hall–Kier alpha value is -1.04. The molecule has 1 aromatic rings. The normalized spacial score (nSPS) is 20.2. The molecule has 5 nitrogen and oxygen atoms in total. The van der Waals surface area contributed by atoms with Crippen LogP contribution < -0.4 is 0 Å². The van der Waals surface area contributed by atoms with Gasteiger partial charge in [-0.15, -0.1) is 10.2 Å². The number of carboxylic acids is 1. The van der Waals surface area contributed by atoms with Gasteiger partial charge in [-0.25, -0.2) is 0 Å². The first-order valence-electron chi connectivity index (χ1n) is 6.05. The Labute approximate surface area is 104 Å². The van der Waals surface area contributed by atoms with Crippen molar-refractivity contribution in [1.29, 1.82) is 0 Å². The van der Waals surface area contributed by atoms with Crippen LogP contribution in [-0.2, 0) is 4.79 Å². The molecule has 0 bridgehead atoms. The van der Waals surface area contributed by atoms with Gasteiger partial charge in [0.25, 0.3) is 0 Å². The van der Waals surface area contributed by atoms with Gasteiger partial charge in [0, 0.05) is 12.0 Å². The number of carbonyl (C=O) groups is 1. The number of hydrogen-bond acceptors (Lipinski definition) is 4. The third kappa shape index (κ3) is 2.18. The first-order chi connectivity index (χ1) is 8.25.